The van der Waals surface area contributed by atoms with Crippen LogP contribution in [0.4, 0.5) is 24.1 Å². The Morgan fingerprint density at radius 1 is 1.28 bits per heavy atom. The lowest BCUT2D eigenvalue weighted by Gasteiger charge is -2.35. The second-order valence-corrected chi connectivity index (χ2v) is 8.15. The van der Waals surface area contributed by atoms with Crippen LogP contribution in [0, 0.1) is 5.92 Å². The fourth-order valence-corrected chi connectivity index (χ4v) is 3.12. The number of nitrogens with zero attached hydrogens (tertiary/aromatic N) is 2. The Morgan fingerprint density at radius 3 is 2.52 bits per heavy atom. The normalized spacial score (nSPS) is 17.1. The Balaban J connectivity index is 1.86. The molecule has 0 aliphatic carbocycles. The van der Waals surface area contributed by atoms with E-state index in [2.05, 4.69) is 10.1 Å². The van der Waals surface area contributed by atoms with Crippen molar-refractivity contribution in [2.45, 2.75) is 45.8 Å². The third-order valence-corrected chi connectivity index (χ3v) is 4.37. The van der Waals surface area contributed by atoms with Gasteiger partial charge in [0.2, 0.25) is 0 Å². The smallest absolute Gasteiger partial charge is 0.410 e. The van der Waals surface area contributed by atoms with E-state index in [1.54, 1.807) is 16.8 Å². The van der Waals surface area contributed by atoms with Gasteiger partial charge in [-0.3, -0.25) is 0 Å². The summed E-state index contributed by atoms with van der Waals surface area (Å²) in [7, 11) is 1.69. The van der Waals surface area contributed by atoms with Crippen LogP contribution in [0.3, 0.4) is 0 Å². The van der Waals surface area contributed by atoms with E-state index >= 15 is 0 Å². The van der Waals surface area contributed by atoms with Crippen molar-refractivity contribution in [1.29, 1.82) is 0 Å². The number of alkyl halides is 2. The van der Waals surface area contributed by atoms with Gasteiger partial charge in [-0.25, -0.2) is 9.59 Å². The first-order valence-electron chi connectivity index (χ1n) is 9.58. The maximum absolute atomic E-state index is 12.5. The molecule has 1 aliphatic heterocycles. The van der Waals surface area contributed by atoms with Crippen LogP contribution in [0.15, 0.2) is 24.3 Å². The van der Waals surface area contributed by atoms with Gasteiger partial charge in [-0.2, -0.15) is 8.78 Å². The zero-order valence-corrected chi connectivity index (χ0v) is 17.3. The molecule has 1 atom stereocenters. The minimum Gasteiger partial charge on any atom is -0.444 e. The molecule has 0 bridgehead atoms. The van der Waals surface area contributed by atoms with Gasteiger partial charge in [0.1, 0.15) is 11.4 Å². The third kappa shape index (κ3) is 7.75. The molecule has 162 valence electrons. The van der Waals surface area contributed by atoms with Crippen molar-refractivity contribution in [3.63, 3.8) is 0 Å². The average molecular weight is 413 g/mol. The minimum absolute atomic E-state index is 0.0289. The first-order valence-corrected chi connectivity index (χ1v) is 9.58. The molecule has 3 amide bonds. The summed E-state index contributed by atoms with van der Waals surface area (Å²) in [6.07, 6.45) is 1.36. The van der Waals surface area contributed by atoms with Gasteiger partial charge in [-0.1, -0.05) is 0 Å². The number of nitrogens with one attached hydrogen (secondary N) is 1. The molecule has 7 nitrogen and oxygen atoms in total. The van der Waals surface area contributed by atoms with Crippen LogP contribution in [0.2, 0.25) is 0 Å². The highest BCUT2D eigenvalue weighted by atomic mass is 19.3. The zero-order valence-electron chi connectivity index (χ0n) is 17.3. The predicted octanol–water partition coefficient (Wildman–Crippen LogP) is 4.40. The molecule has 0 saturated carbocycles. The number of ether oxygens (including phenoxy) is 2. The lowest BCUT2D eigenvalue weighted by Crippen LogP contribution is -2.46. The Kier molecular flexibility index (Phi) is 7.64. The molecule has 1 N–H and O–H groups in total. The van der Waals surface area contributed by atoms with Crippen LogP contribution in [0.1, 0.15) is 33.6 Å². The van der Waals surface area contributed by atoms with Crippen molar-refractivity contribution in [3.8, 4) is 5.75 Å². The Hall–Kier alpha value is -2.58. The van der Waals surface area contributed by atoms with Crippen molar-refractivity contribution in [1.82, 2.24) is 9.80 Å². The molecule has 1 aliphatic rings. The number of carbonyl (C=O) groups excluding carboxylic acids is 2. The average Bonchev–Trinajstić information content (AvgIpc) is 2.61. The predicted molar refractivity (Wildman–Crippen MR) is 105 cm³/mol. The minimum atomic E-state index is -2.89. The van der Waals surface area contributed by atoms with E-state index in [1.165, 1.54) is 24.3 Å². The lowest BCUT2D eigenvalue weighted by molar-refractivity contribution is -0.0498. The number of hydrogen-bond donors (Lipinski definition) is 1. The number of likely N-dealkylation sites (tertiary alicyclic amines) is 1. The van der Waals surface area contributed by atoms with Gasteiger partial charge < -0.3 is 24.6 Å². The number of amides is 3. The van der Waals surface area contributed by atoms with Crippen LogP contribution < -0.4 is 10.1 Å². The maximum Gasteiger partial charge on any atom is 0.410 e. The van der Waals surface area contributed by atoms with E-state index in [9.17, 15) is 18.4 Å². The standard InChI is InChI=1S/C20H29F2N3O4/c1-20(2,3)29-19(27)24(4)12-14-6-5-11-25(13-14)18(26)23-15-7-9-16(10-8-15)28-17(21)22/h7-10,14,17H,5-6,11-13H2,1-4H3,(H,23,26). The van der Waals surface area contributed by atoms with Gasteiger partial charge in [0.15, 0.2) is 0 Å². The van der Waals surface area contributed by atoms with Crippen molar-refractivity contribution < 1.29 is 27.8 Å². The summed E-state index contributed by atoms with van der Waals surface area (Å²) in [5, 5.41) is 2.76. The fourth-order valence-electron chi connectivity index (χ4n) is 3.12. The number of carbonyl (C=O) groups is 2. The van der Waals surface area contributed by atoms with Crippen LogP contribution in [0.25, 0.3) is 0 Å². The Bertz CT molecular complexity index is 692. The van der Waals surface area contributed by atoms with E-state index in [4.69, 9.17) is 4.74 Å². The summed E-state index contributed by atoms with van der Waals surface area (Å²) in [6, 6.07) is 5.49. The van der Waals surface area contributed by atoms with Gasteiger partial charge in [-0.15, -0.1) is 0 Å². The van der Waals surface area contributed by atoms with Crippen molar-refractivity contribution >= 4 is 17.8 Å². The van der Waals surface area contributed by atoms with Crippen LogP contribution in [-0.2, 0) is 4.74 Å². The van der Waals surface area contributed by atoms with Crippen LogP contribution >= 0.6 is 0 Å². The number of rotatable bonds is 5. The summed E-state index contributed by atoms with van der Waals surface area (Å²) >= 11 is 0. The topological polar surface area (TPSA) is 71.1 Å². The fraction of sp³-hybridized carbons (Fsp3) is 0.600. The number of anilines is 1. The monoisotopic (exact) mass is 413 g/mol. The second-order valence-electron chi connectivity index (χ2n) is 8.15. The zero-order chi connectivity index (χ0) is 21.6. The summed E-state index contributed by atoms with van der Waals surface area (Å²) in [6.45, 7) is 4.20. The molecule has 0 aromatic heterocycles. The molecule has 1 aromatic rings. The maximum atomic E-state index is 12.5. The lowest BCUT2D eigenvalue weighted by atomic mass is 9.98. The highest BCUT2D eigenvalue weighted by Gasteiger charge is 2.27. The molecule has 1 unspecified atom stereocenters. The summed E-state index contributed by atoms with van der Waals surface area (Å²) in [4.78, 5) is 27.9. The number of benzene rings is 1. The van der Waals surface area contributed by atoms with Crippen molar-refractivity contribution in [3.05, 3.63) is 24.3 Å². The van der Waals surface area contributed by atoms with Gasteiger partial charge in [-0.05, 0) is 63.8 Å². The summed E-state index contributed by atoms with van der Waals surface area (Å²) < 4.78 is 34.1. The molecular formula is C20H29F2N3O4. The third-order valence-electron chi connectivity index (χ3n) is 4.37. The second kappa shape index (κ2) is 9.76. The van der Waals surface area contributed by atoms with Gasteiger partial charge >= 0.3 is 18.7 Å². The molecule has 9 heteroatoms. The molecular weight excluding hydrogens is 384 g/mol. The van der Waals surface area contributed by atoms with Gasteiger partial charge in [0.25, 0.3) is 0 Å². The molecule has 0 radical (unpaired) electrons. The van der Waals surface area contributed by atoms with E-state index in [0.717, 1.165) is 12.8 Å². The Morgan fingerprint density at radius 2 is 1.93 bits per heavy atom. The molecule has 1 fully saturated rings. The quantitative estimate of drug-likeness (QED) is 0.777. The highest BCUT2D eigenvalue weighted by Crippen LogP contribution is 2.21. The van der Waals surface area contributed by atoms with Crippen molar-refractivity contribution in [2.24, 2.45) is 5.92 Å². The molecule has 1 aromatic carbocycles. The van der Waals surface area contributed by atoms with E-state index in [0.29, 0.717) is 25.3 Å². The summed E-state index contributed by atoms with van der Waals surface area (Å²) in [5.41, 5.74) is -0.0654. The molecule has 29 heavy (non-hydrogen) atoms. The molecule has 1 heterocycles. The summed E-state index contributed by atoms with van der Waals surface area (Å²) in [5.74, 6) is 0.176. The molecule has 2 rings (SSSR count). The molecule has 0 spiro atoms. The largest absolute Gasteiger partial charge is 0.444 e. The first kappa shape index (κ1) is 22.7. The van der Waals surface area contributed by atoms with Crippen LogP contribution in [-0.4, -0.2) is 60.8 Å². The SMILES string of the molecule is CN(CC1CCCN(C(=O)Nc2ccc(OC(F)F)cc2)C1)C(=O)OC(C)(C)C. The highest BCUT2D eigenvalue weighted by molar-refractivity contribution is 5.89. The number of piperidine rings is 1. The first-order chi connectivity index (χ1) is 13.5. The van der Waals surface area contributed by atoms with Gasteiger partial charge in [0.05, 0.1) is 0 Å². The van der Waals surface area contributed by atoms with Gasteiger partial charge in [0, 0.05) is 32.4 Å². The number of halogens is 2. The number of urea groups is 1. The number of hydrogen-bond acceptors (Lipinski definition) is 4. The molecule has 1 saturated heterocycles. The van der Waals surface area contributed by atoms with E-state index < -0.39 is 12.2 Å². The Labute approximate surface area is 169 Å². The van der Waals surface area contributed by atoms with E-state index in [-0.39, 0.29) is 23.8 Å². The van der Waals surface area contributed by atoms with Crippen molar-refractivity contribution in [2.75, 3.05) is 32.0 Å². The van der Waals surface area contributed by atoms with Crippen LogP contribution in [0.5, 0.6) is 5.75 Å². The van der Waals surface area contributed by atoms with E-state index in [1.807, 2.05) is 20.8 Å².